The first-order valence-electron chi connectivity index (χ1n) is 5.65. The van der Waals surface area contributed by atoms with E-state index in [0.29, 0.717) is 6.54 Å². The largest absolute Gasteiger partial charge is 0.481 e. The van der Waals surface area contributed by atoms with Crippen molar-refractivity contribution >= 4 is 5.97 Å². The van der Waals surface area contributed by atoms with Crippen LogP contribution >= 0.6 is 0 Å². The molecular weight excluding hydrogens is 178 g/mol. The van der Waals surface area contributed by atoms with Gasteiger partial charge in [-0.3, -0.25) is 4.79 Å². The summed E-state index contributed by atoms with van der Waals surface area (Å²) in [6, 6.07) is 0. The molecular formula is C11H21NO2. The Morgan fingerprint density at radius 2 is 1.86 bits per heavy atom. The fourth-order valence-electron chi connectivity index (χ4n) is 2.41. The van der Waals surface area contributed by atoms with Crippen LogP contribution in [0.25, 0.3) is 0 Å². The molecule has 3 N–H and O–H groups in total. The van der Waals surface area contributed by atoms with Crippen LogP contribution in [0.15, 0.2) is 0 Å². The van der Waals surface area contributed by atoms with Crippen LogP contribution in [0.4, 0.5) is 0 Å². The van der Waals surface area contributed by atoms with Crippen molar-refractivity contribution in [1.29, 1.82) is 0 Å². The monoisotopic (exact) mass is 199 g/mol. The number of unbranched alkanes of at least 4 members (excludes halogenated alkanes) is 1. The van der Waals surface area contributed by atoms with E-state index < -0.39 is 11.4 Å². The predicted molar refractivity (Wildman–Crippen MR) is 56.1 cm³/mol. The van der Waals surface area contributed by atoms with Gasteiger partial charge >= 0.3 is 5.97 Å². The molecule has 0 atom stereocenters. The standard InChI is InChI=1S/C11H21NO2/c12-9-5-4-8-11(10(13)14)6-2-1-3-7-11/h1-9,12H2,(H,13,14). The number of hydrogen-bond acceptors (Lipinski definition) is 2. The average molecular weight is 199 g/mol. The minimum absolute atomic E-state index is 0.409. The molecule has 0 unspecified atom stereocenters. The highest BCUT2D eigenvalue weighted by Gasteiger charge is 2.38. The van der Waals surface area contributed by atoms with Crippen LogP contribution in [0.5, 0.6) is 0 Å². The molecule has 0 saturated heterocycles. The van der Waals surface area contributed by atoms with Crippen molar-refractivity contribution < 1.29 is 9.90 Å². The van der Waals surface area contributed by atoms with Crippen molar-refractivity contribution in [3.8, 4) is 0 Å². The van der Waals surface area contributed by atoms with Crippen LogP contribution in [0.3, 0.4) is 0 Å². The Hall–Kier alpha value is -0.570. The number of aliphatic carboxylic acids is 1. The third-order valence-corrected chi connectivity index (χ3v) is 3.37. The Morgan fingerprint density at radius 3 is 2.36 bits per heavy atom. The Labute approximate surface area is 85.7 Å². The van der Waals surface area contributed by atoms with Crippen LogP contribution in [-0.2, 0) is 4.79 Å². The van der Waals surface area contributed by atoms with E-state index in [1.807, 2.05) is 0 Å². The van der Waals surface area contributed by atoms with Crippen LogP contribution < -0.4 is 5.73 Å². The van der Waals surface area contributed by atoms with Gasteiger partial charge in [0.1, 0.15) is 0 Å². The lowest BCUT2D eigenvalue weighted by Gasteiger charge is -2.33. The third-order valence-electron chi connectivity index (χ3n) is 3.37. The smallest absolute Gasteiger partial charge is 0.309 e. The van der Waals surface area contributed by atoms with Crippen LogP contribution in [0, 0.1) is 5.41 Å². The maximum atomic E-state index is 11.2. The van der Waals surface area contributed by atoms with Crippen LogP contribution in [0.1, 0.15) is 51.4 Å². The van der Waals surface area contributed by atoms with Gasteiger partial charge in [0.2, 0.25) is 0 Å². The number of hydrogen-bond donors (Lipinski definition) is 2. The summed E-state index contributed by atoms with van der Waals surface area (Å²) in [6.45, 7) is 0.676. The SMILES string of the molecule is NCCCCC1(C(=O)O)CCCCC1. The van der Waals surface area contributed by atoms with Crippen molar-refractivity contribution in [2.45, 2.75) is 51.4 Å². The normalized spacial score (nSPS) is 20.6. The van der Waals surface area contributed by atoms with Gasteiger partial charge in [-0.05, 0) is 32.2 Å². The van der Waals surface area contributed by atoms with Crippen LogP contribution in [0.2, 0.25) is 0 Å². The lowest BCUT2D eigenvalue weighted by Crippen LogP contribution is -2.33. The molecule has 0 spiro atoms. The summed E-state index contributed by atoms with van der Waals surface area (Å²) in [5.41, 5.74) is 5.01. The van der Waals surface area contributed by atoms with Crippen molar-refractivity contribution in [1.82, 2.24) is 0 Å². The second kappa shape index (κ2) is 5.35. The molecule has 0 aromatic carbocycles. The highest BCUT2D eigenvalue weighted by Crippen LogP contribution is 2.40. The zero-order chi connectivity index (χ0) is 10.4. The van der Waals surface area contributed by atoms with Gasteiger partial charge in [0.15, 0.2) is 0 Å². The first-order chi connectivity index (χ1) is 6.71. The molecule has 1 saturated carbocycles. The number of rotatable bonds is 5. The quantitative estimate of drug-likeness (QED) is 0.667. The van der Waals surface area contributed by atoms with E-state index in [0.717, 1.165) is 44.9 Å². The summed E-state index contributed by atoms with van der Waals surface area (Å²) < 4.78 is 0. The Bertz CT molecular complexity index is 186. The fourth-order valence-corrected chi connectivity index (χ4v) is 2.41. The summed E-state index contributed by atoms with van der Waals surface area (Å²) >= 11 is 0. The number of carbonyl (C=O) groups is 1. The molecule has 1 aliphatic rings. The lowest BCUT2D eigenvalue weighted by atomic mass is 9.71. The van der Waals surface area contributed by atoms with Gasteiger partial charge in [0.25, 0.3) is 0 Å². The van der Waals surface area contributed by atoms with Gasteiger partial charge in [-0.15, -0.1) is 0 Å². The maximum Gasteiger partial charge on any atom is 0.309 e. The first-order valence-corrected chi connectivity index (χ1v) is 5.65. The molecule has 1 aliphatic carbocycles. The highest BCUT2D eigenvalue weighted by atomic mass is 16.4. The summed E-state index contributed by atoms with van der Waals surface area (Å²) in [5, 5.41) is 9.26. The van der Waals surface area contributed by atoms with E-state index in [2.05, 4.69) is 0 Å². The number of carboxylic acid groups (broad SMARTS) is 1. The second-order valence-corrected chi connectivity index (χ2v) is 4.39. The average Bonchev–Trinajstić information content (AvgIpc) is 2.19. The number of nitrogens with two attached hydrogens (primary N) is 1. The van der Waals surface area contributed by atoms with Gasteiger partial charge in [-0.25, -0.2) is 0 Å². The van der Waals surface area contributed by atoms with Crippen molar-refractivity contribution in [2.75, 3.05) is 6.54 Å². The summed E-state index contributed by atoms with van der Waals surface area (Å²) in [4.78, 5) is 11.2. The zero-order valence-corrected chi connectivity index (χ0v) is 8.80. The Kier molecular flexibility index (Phi) is 4.39. The molecule has 0 aromatic rings. The molecule has 82 valence electrons. The molecule has 0 aromatic heterocycles. The summed E-state index contributed by atoms with van der Waals surface area (Å²) in [5.74, 6) is -0.589. The van der Waals surface area contributed by atoms with E-state index in [1.165, 1.54) is 6.42 Å². The van der Waals surface area contributed by atoms with Gasteiger partial charge in [-0.1, -0.05) is 25.7 Å². The van der Waals surface area contributed by atoms with Gasteiger partial charge in [-0.2, -0.15) is 0 Å². The third kappa shape index (κ3) is 2.71. The molecule has 0 bridgehead atoms. The second-order valence-electron chi connectivity index (χ2n) is 4.39. The van der Waals surface area contributed by atoms with E-state index in [9.17, 15) is 9.90 Å². The highest BCUT2D eigenvalue weighted by molar-refractivity contribution is 5.74. The molecule has 14 heavy (non-hydrogen) atoms. The van der Waals surface area contributed by atoms with Crippen molar-refractivity contribution in [3.63, 3.8) is 0 Å². The van der Waals surface area contributed by atoms with E-state index in [4.69, 9.17) is 5.73 Å². The minimum atomic E-state index is -0.589. The van der Waals surface area contributed by atoms with Crippen LogP contribution in [-0.4, -0.2) is 17.6 Å². The fraction of sp³-hybridized carbons (Fsp3) is 0.909. The maximum absolute atomic E-state index is 11.2. The first kappa shape index (κ1) is 11.5. The van der Waals surface area contributed by atoms with Gasteiger partial charge in [0, 0.05) is 0 Å². The molecule has 1 fully saturated rings. The van der Waals surface area contributed by atoms with E-state index in [1.54, 1.807) is 0 Å². The van der Waals surface area contributed by atoms with Gasteiger partial charge in [0.05, 0.1) is 5.41 Å². The molecule has 0 radical (unpaired) electrons. The summed E-state index contributed by atoms with van der Waals surface area (Å²) in [6.07, 6.45) is 7.83. The van der Waals surface area contributed by atoms with Crippen molar-refractivity contribution in [3.05, 3.63) is 0 Å². The predicted octanol–water partition coefficient (Wildman–Crippen LogP) is 2.15. The lowest BCUT2D eigenvalue weighted by molar-refractivity contribution is -0.151. The summed E-state index contributed by atoms with van der Waals surface area (Å²) in [7, 11) is 0. The molecule has 0 heterocycles. The molecule has 0 amide bonds. The van der Waals surface area contributed by atoms with E-state index in [-0.39, 0.29) is 0 Å². The minimum Gasteiger partial charge on any atom is -0.481 e. The van der Waals surface area contributed by atoms with Gasteiger partial charge < -0.3 is 10.8 Å². The van der Waals surface area contributed by atoms with Crippen molar-refractivity contribution in [2.24, 2.45) is 11.1 Å². The number of carboxylic acids is 1. The van der Waals surface area contributed by atoms with E-state index >= 15 is 0 Å². The zero-order valence-electron chi connectivity index (χ0n) is 8.80. The molecule has 3 heteroatoms. The molecule has 3 nitrogen and oxygen atoms in total. The Morgan fingerprint density at radius 1 is 1.21 bits per heavy atom. The molecule has 0 aliphatic heterocycles. The molecule has 1 rings (SSSR count). The topological polar surface area (TPSA) is 63.3 Å². The Balaban J connectivity index is 2.47.